The molecule has 1 saturated heterocycles. The summed E-state index contributed by atoms with van der Waals surface area (Å²) in [6, 6.07) is 0. The van der Waals surface area contributed by atoms with E-state index >= 15 is 0 Å². The van der Waals surface area contributed by atoms with Crippen molar-refractivity contribution in [2.75, 3.05) is 7.11 Å². The maximum atomic E-state index is 11.3. The molecule has 1 rings (SSSR count). The second kappa shape index (κ2) is 5.26. The molecule has 1 heterocycles. The molecule has 0 bridgehead atoms. The third-order valence-corrected chi connectivity index (χ3v) is 3.06. The summed E-state index contributed by atoms with van der Waals surface area (Å²) < 4.78 is 10.2. The number of ether oxygens (including phenoxy) is 2. The number of carbonyl (C=O) groups excluding carboxylic acids is 2. The molecule has 0 aromatic rings. The first-order valence-electron chi connectivity index (χ1n) is 5.28. The summed E-state index contributed by atoms with van der Waals surface area (Å²) in [6.45, 7) is 3.76. The second-order valence-corrected chi connectivity index (χ2v) is 4.14. The van der Waals surface area contributed by atoms with Gasteiger partial charge in [0.2, 0.25) is 0 Å². The standard InChI is InChI=1S/C11H18O4/c1-7-4-5-9(15-10(7)6-12)8(2)11(13)14-3/h6-10H,4-5H2,1-3H3/t7-,8+,9+,10-/m0/s1. The van der Waals surface area contributed by atoms with E-state index in [1.807, 2.05) is 6.92 Å². The van der Waals surface area contributed by atoms with E-state index in [1.54, 1.807) is 6.92 Å². The van der Waals surface area contributed by atoms with E-state index in [4.69, 9.17) is 4.74 Å². The minimum atomic E-state index is -0.379. The van der Waals surface area contributed by atoms with E-state index < -0.39 is 0 Å². The van der Waals surface area contributed by atoms with Crippen molar-refractivity contribution in [3.63, 3.8) is 0 Å². The van der Waals surface area contributed by atoms with Gasteiger partial charge in [0.15, 0.2) is 0 Å². The van der Waals surface area contributed by atoms with Gasteiger partial charge in [-0.15, -0.1) is 0 Å². The number of methoxy groups -OCH3 is 1. The van der Waals surface area contributed by atoms with Crippen molar-refractivity contribution in [1.29, 1.82) is 0 Å². The van der Waals surface area contributed by atoms with Gasteiger partial charge in [-0.2, -0.15) is 0 Å². The summed E-state index contributed by atoms with van der Waals surface area (Å²) >= 11 is 0. The van der Waals surface area contributed by atoms with Gasteiger partial charge in [-0.1, -0.05) is 6.92 Å². The third kappa shape index (κ3) is 2.78. The van der Waals surface area contributed by atoms with Crippen LogP contribution in [0.4, 0.5) is 0 Å². The SMILES string of the molecule is COC(=O)[C@H](C)[C@H]1CC[C@H](C)[C@H](C=O)O1. The molecule has 0 saturated carbocycles. The molecule has 4 nitrogen and oxygen atoms in total. The highest BCUT2D eigenvalue weighted by Crippen LogP contribution is 2.28. The minimum absolute atomic E-state index is 0.191. The van der Waals surface area contributed by atoms with E-state index in [2.05, 4.69) is 4.74 Å². The van der Waals surface area contributed by atoms with Gasteiger partial charge in [-0.25, -0.2) is 0 Å². The first-order chi connectivity index (χ1) is 7.10. The van der Waals surface area contributed by atoms with Gasteiger partial charge in [0.05, 0.1) is 19.1 Å². The molecule has 4 heteroatoms. The summed E-state index contributed by atoms with van der Waals surface area (Å²) in [5.74, 6) is -0.340. The molecular formula is C11H18O4. The zero-order chi connectivity index (χ0) is 11.4. The van der Waals surface area contributed by atoms with Crippen molar-refractivity contribution in [2.45, 2.75) is 38.9 Å². The van der Waals surface area contributed by atoms with E-state index in [0.29, 0.717) is 0 Å². The fourth-order valence-corrected chi connectivity index (χ4v) is 1.87. The molecule has 0 amide bonds. The molecule has 0 spiro atoms. The molecule has 86 valence electrons. The predicted molar refractivity (Wildman–Crippen MR) is 54.3 cm³/mol. The Labute approximate surface area is 89.9 Å². The highest BCUT2D eigenvalue weighted by Gasteiger charge is 2.34. The van der Waals surface area contributed by atoms with Crippen LogP contribution in [0.1, 0.15) is 26.7 Å². The summed E-state index contributed by atoms with van der Waals surface area (Å²) in [5.41, 5.74) is 0. The first kappa shape index (κ1) is 12.2. The van der Waals surface area contributed by atoms with Crippen LogP contribution in [0.25, 0.3) is 0 Å². The molecule has 1 aliphatic heterocycles. The van der Waals surface area contributed by atoms with Crippen LogP contribution in [0.15, 0.2) is 0 Å². The van der Waals surface area contributed by atoms with Gasteiger partial charge >= 0.3 is 5.97 Å². The van der Waals surface area contributed by atoms with Gasteiger partial charge in [0, 0.05) is 0 Å². The third-order valence-electron chi connectivity index (χ3n) is 3.06. The Morgan fingerprint density at radius 2 is 2.20 bits per heavy atom. The summed E-state index contributed by atoms with van der Waals surface area (Å²) in [6.07, 6.45) is 1.97. The average Bonchev–Trinajstić information content (AvgIpc) is 2.27. The van der Waals surface area contributed by atoms with Gasteiger partial charge in [0.1, 0.15) is 12.4 Å². The monoisotopic (exact) mass is 214 g/mol. The molecule has 0 aliphatic carbocycles. The number of rotatable bonds is 3. The van der Waals surface area contributed by atoms with Crippen molar-refractivity contribution < 1.29 is 19.1 Å². The molecular weight excluding hydrogens is 196 g/mol. The van der Waals surface area contributed by atoms with Crippen LogP contribution in [-0.4, -0.2) is 31.6 Å². The molecule has 0 aromatic heterocycles. The second-order valence-electron chi connectivity index (χ2n) is 4.14. The molecule has 1 aliphatic rings. The quantitative estimate of drug-likeness (QED) is 0.523. The highest BCUT2D eigenvalue weighted by molar-refractivity contribution is 5.72. The Morgan fingerprint density at radius 3 is 2.73 bits per heavy atom. The summed E-state index contributed by atoms with van der Waals surface area (Å²) in [5, 5.41) is 0. The summed E-state index contributed by atoms with van der Waals surface area (Å²) in [4.78, 5) is 22.0. The highest BCUT2D eigenvalue weighted by atomic mass is 16.5. The predicted octanol–water partition coefficient (Wildman–Crippen LogP) is 1.18. The molecule has 15 heavy (non-hydrogen) atoms. The molecule has 0 unspecified atom stereocenters. The van der Waals surface area contributed by atoms with Crippen LogP contribution in [0.5, 0.6) is 0 Å². The zero-order valence-electron chi connectivity index (χ0n) is 9.43. The Morgan fingerprint density at radius 1 is 1.53 bits per heavy atom. The number of esters is 1. The lowest BCUT2D eigenvalue weighted by molar-refractivity contribution is -0.160. The smallest absolute Gasteiger partial charge is 0.311 e. The van der Waals surface area contributed by atoms with Crippen LogP contribution < -0.4 is 0 Å². The van der Waals surface area contributed by atoms with Crippen molar-refractivity contribution >= 4 is 12.3 Å². The zero-order valence-corrected chi connectivity index (χ0v) is 9.43. The van der Waals surface area contributed by atoms with E-state index in [9.17, 15) is 9.59 Å². The van der Waals surface area contributed by atoms with Gasteiger partial charge in [-0.3, -0.25) is 4.79 Å². The fraction of sp³-hybridized carbons (Fsp3) is 0.818. The maximum absolute atomic E-state index is 11.3. The number of hydrogen-bond acceptors (Lipinski definition) is 4. The Kier molecular flexibility index (Phi) is 4.27. The molecule has 4 atom stereocenters. The topological polar surface area (TPSA) is 52.6 Å². The summed E-state index contributed by atoms with van der Waals surface area (Å²) in [7, 11) is 1.36. The average molecular weight is 214 g/mol. The fourth-order valence-electron chi connectivity index (χ4n) is 1.87. The van der Waals surface area contributed by atoms with Crippen LogP contribution in [-0.2, 0) is 19.1 Å². The van der Waals surface area contributed by atoms with Crippen LogP contribution >= 0.6 is 0 Å². The van der Waals surface area contributed by atoms with Crippen molar-refractivity contribution in [3.8, 4) is 0 Å². The molecule has 1 fully saturated rings. The lowest BCUT2D eigenvalue weighted by Gasteiger charge is -2.34. The normalized spacial score (nSPS) is 33.1. The molecule has 0 N–H and O–H groups in total. The number of hydrogen-bond donors (Lipinski definition) is 0. The van der Waals surface area contributed by atoms with Gasteiger partial charge < -0.3 is 14.3 Å². The maximum Gasteiger partial charge on any atom is 0.311 e. The number of aldehydes is 1. The van der Waals surface area contributed by atoms with Crippen molar-refractivity contribution in [2.24, 2.45) is 11.8 Å². The van der Waals surface area contributed by atoms with E-state index in [0.717, 1.165) is 19.1 Å². The van der Waals surface area contributed by atoms with E-state index in [-0.39, 0.29) is 30.0 Å². The van der Waals surface area contributed by atoms with Crippen LogP contribution in [0.3, 0.4) is 0 Å². The van der Waals surface area contributed by atoms with Gasteiger partial charge in [-0.05, 0) is 25.7 Å². The lowest BCUT2D eigenvalue weighted by Crippen LogP contribution is -2.40. The molecule has 0 radical (unpaired) electrons. The Hall–Kier alpha value is -0.900. The Bertz CT molecular complexity index is 239. The van der Waals surface area contributed by atoms with Crippen LogP contribution in [0.2, 0.25) is 0 Å². The van der Waals surface area contributed by atoms with Crippen molar-refractivity contribution in [1.82, 2.24) is 0 Å². The van der Waals surface area contributed by atoms with Crippen LogP contribution in [0, 0.1) is 11.8 Å². The lowest BCUT2D eigenvalue weighted by atomic mass is 9.89. The van der Waals surface area contributed by atoms with Crippen molar-refractivity contribution in [3.05, 3.63) is 0 Å². The Balaban J connectivity index is 2.57. The van der Waals surface area contributed by atoms with E-state index in [1.165, 1.54) is 7.11 Å². The first-order valence-corrected chi connectivity index (χ1v) is 5.28. The van der Waals surface area contributed by atoms with Gasteiger partial charge in [0.25, 0.3) is 0 Å². The number of carbonyl (C=O) groups is 2. The largest absolute Gasteiger partial charge is 0.469 e. The molecule has 0 aromatic carbocycles. The minimum Gasteiger partial charge on any atom is -0.469 e.